The number of nitrogens with zero attached hydrogens (tertiary/aromatic N) is 1. The van der Waals surface area contributed by atoms with Gasteiger partial charge in [0.05, 0.1) is 25.3 Å². The first-order valence-electron chi connectivity index (χ1n) is 16.6. The van der Waals surface area contributed by atoms with Gasteiger partial charge >= 0.3 is 18.3 Å². The normalized spacial score (nSPS) is 11.2. The van der Waals surface area contributed by atoms with E-state index in [9.17, 15) is 22.8 Å². The molecule has 0 bridgehead atoms. The smallest absolute Gasteiger partial charge is 0.465 e. The summed E-state index contributed by atoms with van der Waals surface area (Å²) in [6.45, 7) is 0.390. The zero-order valence-electron chi connectivity index (χ0n) is 29.0. The molecule has 0 amide bonds. The summed E-state index contributed by atoms with van der Waals surface area (Å²) in [6.07, 6.45) is 0.236. The summed E-state index contributed by atoms with van der Waals surface area (Å²) in [7, 11) is 2.70. The average Bonchev–Trinajstić information content (AvgIpc) is 3.78. The summed E-state index contributed by atoms with van der Waals surface area (Å²) in [5.41, 5.74) is 7.48. The number of alkyl halides is 3. The highest BCUT2D eigenvalue weighted by molar-refractivity contribution is 6.31. The summed E-state index contributed by atoms with van der Waals surface area (Å²) in [5, 5.41) is 3.11. The van der Waals surface area contributed by atoms with E-state index in [1.165, 1.54) is 32.4 Å². The number of nitrogens with one attached hydrogen (secondary N) is 1. The van der Waals surface area contributed by atoms with Crippen molar-refractivity contribution in [3.63, 3.8) is 0 Å². The molecule has 1 N–H and O–H groups in total. The maximum absolute atomic E-state index is 12.5. The highest BCUT2D eigenvalue weighted by atomic mass is 35.5. The number of halogens is 5. The molecule has 0 aliphatic rings. The van der Waals surface area contributed by atoms with Crippen molar-refractivity contribution < 1.29 is 37.0 Å². The van der Waals surface area contributed by atoms with Gasteiger partial charge in [0.25, 0.3) is 0 Å². The zero-order chi connectivity index (χ0) is 38.4. The molecule has 54 heavy (non-hydrogen) atoms. The maximum Gasteiger partial charge on any atom is 0.573 e. The van der Waals surface area contributed by atoms with Crippen LogP contribution in [-0.4, -0.2) is 42.1 Å². The molecule has 0 aliphatic heterocycles. The number of esters is 2. The minimum atomic E-state index is -4.73. The van der Waals surface area contributed by atoms with Crippen LogP contribution in [0.1, 0.15) is 48.5 Å². The van der Waals surface area contributed by atoms with Crippen LogP contribution >= 0.6 is 23.2 Å². The van der Waals surface area contributed by atoms with Crippen LogP contribution in [-0.2, 0) is 28.9 Å². The number of ether oxygens (including phenoxy) is 3. The lowest BCUT2D eigenvalue weighted by Gasteiger charge is -2.11. The Balaban J connectivity index is 0.000000203. The van der Waals surface area contributed by atoms with E-state index in [-0.39, 0.29) is 11.7 Å². The van der Waals surface area contributed by atoms with Crippen molar-refractivity contribution in [3.05, 3.63) is 171 Å². The van der Waals surface area contributed by atoms with Gasteiger partial charge in [0.1, 0.15) is 5.75 Å². The highest BCUT2D eigenvalue weighted by Gasteiger charge is 2.31. The van der Waals surface area contributed by atoms with Gasteiger partial charge in [-0.1, -0.05) is 59.6 Å². The van der Waals surface area contributed by atoms with Gasteiger partial charge in [0, 0.05) is 40.0 Å². The van der Waals surface area contributed by atoms with E-state index in [0.717, 1.165) is 44.1 Å². The van der Waals surface area contributed by atoms with Crippen molar-refractivity contribution in [2.75, 3.05) is 14.2 Å². The minimum Gasteiger partial charge on any atom is -0.465 e. The number of aromatic nitrogens is 2. The van der Waals surface area contributed by atoms with Gasteiger partial charge < -0.3 is 23.8 Å². The topological polar surface area (TPSA) is 82.6 Å². The predicted octanol–water partition coefficient (Wildman–Crippen LogP) is 10.8. The van der Waals surface area contributed by atoms with Crippen LogP contribution in [0, 0.1) is 0 Å². The van der Waals surface area contributed by atoms with Gasteiger partial charge in [-0.15, -0.1) is 13.2 Å². The summed E-state index contributed by atoms with van der Waals surface area (Å²) >= 11 is 12.0. The standard InChI is InChI=1S/C25H19ClF3NO3.C17H14ClNO2/c1-32-24(31)22-14-20(26)7-6-18(22)11-16-5-8-23-19(12-16)9-10-30(23)15-17-3-2-4-21(13-17)33-25(27,28)29;1-21-17(20)15-10-14(18)4-3-12(15)8-11-2-5-16-13(9-11)6-7-19-16/h2-10,12-14H,11,15H2,1H3;2-7,9-10,19H,8H2,1H3. The number of hydrogen-bond acceptors (Lipinski definition) is 5. The van der Waals surface area contributed by atoms with Crippen LogP contribution in [0.2, 0.25) is 10.0 Å². The largest absolute Gasteiger partial charge is 0.573 e. The average molecular weight is 774 g/mol. The molecule has 0 radical (unpaired) electrons. The van der Waals surface area contributed by atoms with Gasteiger partial charge in [-0.25, -0.2) is 9.59 Å². The molecular formula is C42H33Cl2F3N2O5. The van der Waals surface area contributed by atoms with Gasteiger partial charge in [-0.05, 0) is 124 Å². The van der Waals surface area contributed by atoms with Crippen molar-refractivity contribution in [1.29, 1.82) is 0 Å². The molecule has 5 aromatic carbocycles. The van der Waals surface area contributed by atoms with E-state index in [2.05, 4.69) is 21.9 Å². The van der Waals surface area contributed by atoms with Crippen LogP contribution in [0.5, 0.6) is 5.75 Å². The number of aromatic amines is 1. The monoisotopic (exact) mass is 772 g/mol. The number of carbonyl (C=O) groups excluding carboxylic acids is 2. The van der Waals surface area contributed by atoms with E-state index in [4.69, 9.17) is 32.7 Å². The van der Waals surface area contributed by atoms with E-state index in [1.54, 1.807) is 36.4 Å². The highest BCUT2D eigenvalue weighted by Crippen LogP contribution is 2.27. The second-order valence-corrected chi connectivity index (χ2v) is 13.2. The van der Waals surface area contributed by atoms with Crippen molar-refractivity contribution in [1.82, 2.24) is 9.55 Å². The third-order valence-electron chi connectivity index (χ3n) is 8.68. The molecule has 0 saturated carbocycles. The number of rotatable bonds is 9. The lowest BCUT2D eigenvalue weighted by molar-refractivity contribution is -0.274. The molecule has 2 aromatic heterocycles. The Morgan fingerprint density at radius 2 is 1.30 bits per heavy atom. The zero-order valence-corrected chi connectivity index (χ0v) is 30.6. The van der Waals surface area contributed by atoms with Crippen LogP contribution in [0.3, 0.4) is 0 Å². The van der Waals surface area contributed by atoms with E-state index < -0.39 is 12.3 Å². The lowest BCUT2D eigenvalue weighted by atomic mass is 9.99. The van der Waals surface area contributed by atoms with Gasteiger partial charge in [-0.2, -0.15) is 0 Å². The molecular weight excluding hydrogens is 740 g/mol. The fourth-order valence-electron chi connectivity index (χ4n) is 6.19. The van der Waals surface area contributed by atoms with Crippen LogP contribution < -0.4 is 4.74 Å². The number of hydrogen-bond donors (Lipinski definition) is 1. The van der Waals surface area contributed by atoms with Gasteiger partial charge in [0.15, 0.2) is 0 Å². The number of benzene rings is 5. The Bertz CT molecular complexity index is 2460. The Labute approximate surface area is 318 Å². The molecule has 0 aliphatic carbocycles. The molecule has 7 aromatic rings. The second kappa shape index (κ2) is 16.5. The summed E-state index contributed by atoms with van der Waals surface area (Å²) in [6, 6.07) is 32.5. The number of methoxy groups -OCH3 is 2. The third kappa shape index (κ3) is 9.44. The number of carbonyl (C=O) groups is 2. The Hall–Kier alpha value is -5.71. The predicted molar refractivity (Wildman–Crippen MR) is 204 cm³/mol. The molecule has 12 heteroatoms. The molecule has 2 heterocycles. The van der Waals surface area contributed by atoms with E-state index in [0.29, 0.717) is 46.1 Å². The van der Waals surface area contributed by atoms with Crippen LogP contribution in [0.4, 0.5) is 13.2 Å². The summed E-state index contributed by atoms with van der Waals surface area (Å²) < 4.78 is 53.2. The molecule has 0 fully saturated rings. The molecule has 7 rings (SSSR count). The molecule has 276 valence electrons. The number of fused-ring (bicyclic) bond motifs is 2. The third-order valence-corrected chi connectivity index (χ3v) is 9.15. The SMILES string of the molecule is COC(=O)c1cc(Cl)ccc1Cc1ccc2[nH]ccc2c1.COC(=O)c1cc(Cl)ccc1Cc1ccc2c(ccn2Cc2cccc(OC(F)(F)F)c2)c1. The quantitative estimate of drug-likeness (QED) is 0.148. The van der Waals surface area contributed by atoms with Crippen molar-refractivity contribution in [2.24, 2.45) is 0 Å². The molecule has 0 saturated heterocycles. The lowest BCUT2D eigenvalue weighted by Crippen LogP contribution is -2.17. The van der Waals surface area contributed by atoms with Gasteiger partial charge in [0.2, 0.25) is 0 Å². The fraction of sp³-hybridized carbons (Fsp3) is 0.143. The second-order valence-electron chi connectivity index (χ2n) is 12.4. The first kappa shape index (κ1) is 38.0. The van der Waals surface area contributed by atoms with Gasteiger partial charge in [-0.3, -0.25) is 0 Å². The summed E-state index contributed by atoms with van der Waals surface area (Å²) in [5.74, 6) is -1.06. The van der Waals surface area contributed by atoms with Crippen molar-refractivity contribution in [3.8, 4) is 5.75 Å². The van der Waals surface area contributed by atoms with Crippen molar-refractivity contribution in [2.45, 2.75) is 25.7 Å². The molecule has 0 unspecified atom stereocenters. The molecule has 0 atom stereocenters. The number of H-pyrrole nitrogens is 1. The molecule has 7 nitrogen and oxygen atoms in total. The fourth-order valence-corrected chi connectivity index (χ4v) is 6.54. The van der Waals surface area contributed by atoms with Crippen LogP contribution in [0.25, 0.3) is 21.8 Å². The first-order chi connectivity index (χ1) is 25.9. The Morgan fingerprint density at radius 3 is 1.91 bits per heavy atom. The van der Waals surface area contributed by atoms with Crippen LogP contribution in [0.15, 0.2) is 122 Å². The minimum absolute atomic E-state index is 0.247. The Kier molecular flexibility index (Phi) is 11.6. The maximum atomic E-state index is 12.5. The molecule has 0 spiro atoms. The first-order valence-corrected chi connectivity index (χ1v) is 17.4. The van der Waals surface area contributed by atoms with E-state index >= 15 is 0 Å². The summed E-state index contributed by atoms with van der Waals surface area (Å²) in [4.78, 5) is 27.1. The Morgan fingerprint density at radius 1 is 0.685 bits per heavy atom. The van der Waals surface area contributed by atoms with E-state index in [1.807, 2.05) is 59.4 Å². The van der Waals surface area contributed by atoms with Crippen molar-refractivity contribution >= 4 is 56.9 Å².